The maximum atomic E-state index is 13.4. The molecule has 26 nitrogen and oxygen atoms in total. The van der Waals surface area contributed by atoms with Gasteiger partial charge in [0.1, 0.15) is 0 Å². The number of rotatable bonds is 45. The van der Waals surface area contributed by atoms with Crippen molar-refractivity contribution in [2.75, 3.05) is 136 Å². The Morgan fingerprint density at radius 2 is 0.713 bits per heavy atom. The minimum atomic E-state index is -0.522. The van der Waals surface area contributed by atoms with Gasteiger partial charge in [-0.3, -0.25) is 33.6 Å². The Labute approximate surface area is 522 Å². The van der Waals surface area contributed by atoms with Gasteiger partial charge in [0, 0.05) is 115 Å². The number of amides is 11. The fourth-order valence-electron chi connectivity index (χ4n) is 11.1. The van der Waals surface area contributed by atoms with Crippen molar-refractivity contribution in [2.24, 2.45) is 5.92 Å². The Bertz CT molecular complexity index is 2140. The molecule has 0 aromatic heterocycles. The Balaban J connectivity index is 0.719. The van der Waals surface area contributed by atoms with Crippen LogP contribution in [0.4, 0.5) is 9.59 Å². The van der Waals surface area contributed by atoms with Gasteiger partial charge in [-0.2, -0.15) is 35.3 Å². The number of benzene rings is 1. The van der Waals surface area contributed by atoms with Crippen LogP contribution in [0.3, 0.4) is 0 Å². The molecule has 6 aliphatic rings. The summed E-state index contributed by atoms with van der Waals surface area (Å²) in [6, 6.07) is 5.00. The van der Waals surface area contributed by atoms with E-state index in [0.717, 1.165) is 75.0 Å². The molecule has 0 spiro atoms. The lowest BCUT2D eigenvalue weighted by Gasteiger charge is -2.17. The Morgan fingerprint density at radius 1 is 0.391 bits per heavy atom. The van der Waals surface area contributed by atoms with Crippen LogP contribution in [-0.2, 0) is 47.6 Å². The highest BCUT2D eigenvalue weighted by molar-refractivity contribution is 8.00. The molecule has 9 unspecified atom stereocenters. The minimum Gasteiger partial charge on any atom is -0.377 e. The first-order valence-electron chi connectivity index (χ1n) is 30.9. The second-order valence-corrected chi connectivity index (χ2v) is 26.0. The van der Waals surface area contributed by atoms with Crippen LogP contribution < -0.4 is 58.5 Å². The molecule has 9 atom stereocenters. The van der Waals surface area contributed by atoms with Gasteiger partial charge in [0.2, 0.25) is 23.6 Å². The van der Waals surface area contributed by atoms with Gasteiger partial charge in [-0.25, -0.2) is 9.59 Å². The molecule has 0 saturated carbocycles. The topological polar surface area (TPSA) is 341 Å². The van der Waals surface area contributed by atoms with Crippen LogP contribution in [0.2, 0.25) is 0 Å². The lowest BCUT2D eigenvalue weighted by molar-refractivity contribution is -0.122. The first-order chi connectivity index (χ1) is 42.4. The van der Waals surface area contributed by atoms with Gasteiger partial charge in [0.05, 0.1) is 103 Å². The highest BCUT2D eigenvalue weighted by Gasteiger charge is 2.44. The smallest absolute Gasteiger partial charge is 0.315 e. The number of unbranched alkanes of at least 4 members (excludes halogenated alkanes) is 3. The van der Waals surface area contributed by atoms with E-state index in [0.29, 0.717) is 86.8 Å². The molecule has 0 bridgehead atoms. The molecular formula is C58H91N11O15S3. The van der Waals surface area contributed by atoms with Crippen LogP contribution in [0, 0.1) is 5.92 Å². The van der Waals surface area contributed by atoms with Gasteiger partial charge in [0.25, 0.3) is 17.7 Å². The molecular weight excluding hydrogens is 1190 g/mol. The molecule has 6 heterocycles. The van der Waals surface area contributed by atoms with E-state index in [1.54, 1.807) is 0 Å². The van der Waals surface area contributed by atoms with Gasteiger partial charge in [-0.15, -0.1) is 0 Å². The molecule has 7 rings (SSSR count). The lowest BCUT2D eigenvalue weighted by Crippen LogP contribution is -2.36. The summed E-state index contributed by atoms with van der Waals surface area (Å²) in [5.74, 6) is 1.78. The second kappa shape index (κ2) is 39.1. The maximum absolute atomic E-state index is 13.4. The van der Waals surface area contributed by atoms with E-state index in [4.69, 9.17) is 28.4 Å². The number of thioether (sulfide) groups is 3. The molecule has 11 amide bonds. The normalized spacial score (nSPS) is 23.1. The molecule has 486 valence electrons. The summed E-state index contributed by atoms with van der Waals surface area (Å²) >= 11 is 5.66. The number of fused-ring (bicyclic) bond motifs is 3. The SMILES string of the molecule is O=C(CCCCC1SCC2CC(=O)NC21)NCCOCCOCCNC(=O)c1cc(C(=O)NCCOCCOCCNC(=O)CCCCC2SCC3NC(=O)NC32)cc(C(=O)NCCOCCOCCNC(=O)CCCCC2SCC3NC(=O)NC32)c1. The minimum absolute atomic E-state index is 0.0240. The predicted molar refractivity (Wildman–Crippen MR) is 330 cm³/mol. The Morgan fingerprint density at radius 3 is 1.07 bits per heavy atom. The maximum Gasteiger partial charge on any atom is 0.315 e. The van der Waals surface area contributed by atoms with E-state index < -0.39 is 17.7 Å². The van der Waals surface area contributed by atoms with Gasteiger partial charge < -0.3 is 86.9 Å². The largest absolute Gasteiger partial charge is 0.377 e. The van der Waals surface area contributed by atoms with Crippen LogP contribution in [0.25, 0.3) is 0 Å². The molecule has 0 aliphatic carbocycles. The first kappa shape index (κ1) is 69.3. The zero-order valence-corrected chi connectivity index (χ0v) is 52.3. The summed E-state index contributed by atoms with van der Waals surface area (Å²) in [7, 11) is 0. The summed E-state index contributed by atoms with van der Waals surface area (Å²) in [5.41, 5.74) is 0.260. The van der Waals surface area contributed by atoms with Crippen molar-refractivity contribution in [1.29, 1.82) is 0 Å². The van der Waals surface area contributed by atoms with Crippen LogP contribution >= 0.6 is 35.3 Å². The van der Waals surface area contributed by atoms with Crippen molar-refractivity contribution in [3.05, 3.63) is 34.9 Å². The average molecular weight is 1280 g/mol. The van der Waals surface area contributed by atoms with Crippen molar-refractivity contribution in [3.63, 3.8) is 0 Å². The van der Waals surface area contributed by atoms with Crippen molar-refractivity contribution in [1.82, 2.24) is 58.5 Å². The third-order valence-electron chi connectivity index (χ3n) is 15.6. The van der Waals surface area contributed by atoms with Crippen LogP contribution in [0.1, 0.15) is 115 Å². The van der Waals surface area contributed by atoms with E-state index in [-0.39, 0.29) is 162 Å². The van der Waals surface area contributed by atoms with Crippen molar-refractivity contribution < 1.29 is 71.6 Å². The fourth-order valence-corrected chi connectivity index (χ4v) is 15.9. The number of hydrogen-bond acceptors (Lipinski definition) is 18. The quantitative estimate of drug-likeness (QED) is 0.0320. The van der Waals surface area contributed by atoms with Crippen LogP contribution in [-0.4, -0.2) is 235 Å². The van der Waals surface area contributed by atoms with Gasteiger partial charge >= 0.3 is 12.1 Å². The zero-order chi connectivity index (χ0) is 61.4. The van der Waals surface area contributed by atoms with Crippen molar-refractivity contribution in [2.45, 2.75) is 129 Å². The average Bonchev–Trinajstić information content (AvgIpc) is 2.69. The highest BCUT2D eigenvalue weighted by Crippen LogP contribution is 2.40. The van der Waals surface area contributed by atoms with Crippen LogP contribution in [0.15, 0.2) is 18.2 Å². The first-order valence-corrected chi connectivity index (χ1v) is 34.1. The molecule has 1 aromatic rings. The zero-order valence-electron chi connectivity index (χ0n) is 49.8. The number of carbonyl (C=O) groups excluding carboxylic acids is 9. The summed E-state index contributed by atoms with van der Waals surface area (Å²) in [6.07, 6.45) is 9.90. The Hall–Kier alpha value is -5.14. The predicted octanol–water partition coefficient (Wildman–Crippen LogP) is 0.956. The fraction of sp³-hybridized carbons (Fsp3) is 0.741. The van der Waals surface area contributed by atoms with Crippen molar-refractivity contribution in [3.8, 4) is 0 Å². The van der Waals surface area contributed by atoms with Crippen molar-refractivity contribution >= 4 is 88.7 Å². The molecule has 6 aliphatic heterocycles. The summed E-state index contributed by atoms with van der Waals surface area (Å²) in [4.78, 5) is 112. The summed E-state index contributed by atoms with van der Waals surface area (Å²) in [6.45, 7) is 4.61. The van der Waals surface area contributed by atoms with Crippen LogP contribution in [0.5, 0.6) is 0 Å². The highest BCUT2D eigenvalue weighted by atomic mass is 32.2. The number of ether oxygens (including phenoxy) is 6. The monoisotopic (exact) mass is 1280 g/mol. The molecule has 0 radical (unpaired) electrons. The molecule has 6 fully saturated rings. The third kappa shape index (κ3) is 25.0. The molecule has 1 aromatic carbocycles. The number of urea groups is 2. The Kier molecular flexibility index (Phi) is 31.2. The molecule has 11 N–H and O–H groups in total. The van der Waals surface area contributed by atoms with E-state index in [9.17, 15) is 43.2 Å². The number of carbonyl (C=O) groups is 9. The molecule has 6 saturated heterocycles. The number of nitrogens with one attached hydrogen (secondary N) is 11. The van der Waals surface area contributed by atoms with Gasteiger partial charge in [0.15, 0.2) is 0 Å². The third-order valence-corrected chi connectivity index (χ3v) is 20.2. The van der Waals surface area contributed by atoms with E-state index in [1.165, 1.54) is 18.2 Å². The number of hydrogen-bond donors (Lipinski definition) is 11. The van der Waals surface area contributed by atoms with Gasteiger partial charge in [-0.05, 0) is 68.4 Å². The van der Waals surface area contributed by atoms with E-state index in [1.807, 2.05) is 35.3 Å². The summed E-state index contributed by atoms with van der Waals surface area (Å²) < 4.78 is 33.6. The van der Waals surface area contributed by atoms with E-state index >= 15 is 0 Å². The van der Waals surface area contributed by atoms with Gasteiger partial charge in [-0.1, -0.05) is 19.3 Å². The molecule has 87 heavy (non-hydrogen) atoms. The summed E-state index contributed by atoms with van der Waals surface area (Å²) in [5, 5.41) is 33.1. The second-order valence-electron chi connectivity index (χ2n) is 22.2. The standard InChI is InChI=1S/C58H91N11O15S3/c70-47(10-4-1-7-44-51-41(35-85-44)34-50(73)67-51)59-13-19-79-25-28-82-22-16-62-54(74)38-31-39(55(75)63-17-23-83-29-26-80-20-14-60-48(71)11-5-2-8-45-52-42(36-86-45)65-57(77)68-52)33-40(32-38)56(76)64-18-24-84-30-27-81-21-15-61-49(72)12-6-3-9-46-53-43(37-87-46)66-58(78)69-53/h31-33,41-46,51-53H,1-30,34-37H2,(H,59,70)(H,60,71)(H,61,72)(H,62,74)(H,63,75)(H,64,76)(H,67,73)(H2,65,68,77)(H2,66,69,78). The molecule has 29 heteroatoms. The van der Waals surface area contributed by atoms with E-state index in [2.05, 4.69) is 58.5 Å². The lowest BCUT2D eigenvalue weighted by atomic mass is 9.97.